The number of rotatable bonds is 6. The molecule has 31 heavy (non-hydrogen) atoms. The van der Waals surface area contributed by atoms with Crippen LogP contribution in [0, 0.1) is 5.92 Å². The van der Waals surface area contributed by atoms with E-state index < -0.39 is 18.1 Å². The van der Waals surface area contributed by atoms with Crippen LogP contribution in [0.5, 0.6) is 0 Å². The van der Waals surface area contributed by atoms with Crippen LogP contribution in [0.25, 0.3) is 0 Å². The van der Waals surface area contributed by atoms with Gasteiger partial charge >= 0.3 is 18.1 Å². The number of halogens is 3. The van der Waals surface area contributed by atoms with Crippen molar-refractivity contribution >= 4 is 11.9 Å². The summed E-state index contributed by atoms with van der Waals surface area (Å²) in [5.41, 5.74) is 2.67. The molecule has 168 valence electrons. The molecule has 2 aromatic rings. The highest BCUT2D eigenvalue weighted by Crippen LogP contribution is 2.40. The first-order chi connectivity index (χ1) is 14.6. The minimum absolute atomic E-state index is 0.0411. The summed E-state index contributed by atoms with van der Waals surface area (Å²) in [5, 5.41) is 27.9. The summed E-state index contributed by atoms with van der Waals surface area (Å²) in [4.78, 5) is 20.3. The van der Waals surface area contributed by atoms with Crippen molar-refractivity contribution in [2.24, 2.45) is 5.92 Å². The lowest BCUT2D eigenvalue weighted by molar-refractivity contribution is -0.192. The molecular formula is C20H23F3N4O4. The standard InChI is InChI=1S/C18H22N4O2.C2HF3O2/c23-18(24)15-9-16(17(10-15)22-8-7-20-21-22)19-11-12-1-3-13(4-2-12)14-5-6-14;3-2(4,5)1(6)7/h1-4,7-8,14-17,19H,5-6,9-11H2,(H,23,24);(H,6,7)/t15?,16-,17+;/m1./s1. The molecule has 1 unspecified atom stereocenters. The van der Waals surface area contributed by atoms with Crippen LogP contribution < -0.4 is 5.32 Å². The molecule has 0 radical (unpaired) electrons. The Balaban J connectivity index is 0.000000339. The Kier molecular flexibility index (Phi) is 6.94. The fourth-order valence-electron chi connectivity index (χ4n) is 3.70. The van der Waals surface area contributed by atoms with E-state index in [-0.39, 0.29) is 18.0 Å². The first-order valence-electron chi connectivity index (χ1n) is 9.86. The molecule has 3 N–H and O–H groups in total. The van der Waals surface area contributed by atoms with Gasteiger partial charge in [-0.3, -0.25) is 4.79 Å². The van der Waals surface area contributed by atoms with Gasteiger partial charge in [-0.1, -0.05) is 29.5 Å². The number of aliphatic carboxylic acids is 2. The van der Waals surface area contributed by atoms with E-state index in [0.717, 1.165) is 12.5 Å². The molecule has 2 aliphatic rings. The van der Waals surface area contributed by atoms with E-state index in [2.05, 4.69) is 39.9 Å². The van der Waals surface area contributed by atoms with Crippen molar-refractivity contribution in [3.05, 3.63) is 47.8 Å². The van der Waals surface area contributed by atoms with Gasteiger partial charge in [-0.15, -0.1) is 5.10 Å². The van der Waals surface area contributed by atoms with Gasteiger partial charge in [-0.25, -0.2) is 9.48 Å². The van der Waals surface area contributed by atoms with Crippen molar-refractivity contribution in [2.75, 3.05) is 0 Å². The number of hydrogen-bond donors (Lipinski definition) is 3. The topological polar surface area (TPSA) is 117 Å². The third kappa shape index (κ3) is 6.27. The van der Waals surface area contributed by atoms with Gasteiger partial charge in [0.1, 0.15) is 0 Å². The van der Waals surface area contributed by atoms with Crippen LogP contribution >= 0.6 is 0 Å². The van der Waals surface area contributed by atoms with Crippen LogP contribution in [0.1, 0.15) is 48.8 Å². The first-order valence-corrected chi connectivity index (χ1v) is 9.86. The van der Waals surface area contributed by atoms with Crippen LogP contribution in [0.15, 0.2) is 36.7 Å². The van der Waals surface area contributed by atoms with E-state index >= 15 is 0 Å². The summed E-state index contributed by atoms with van der Waals surface area (Å²) >= 11 is 0. The average molecular weight is 440 g/mol. The summed E-state index contributed by atoms with van der Waals surface area (Å²) in [6.07, 6.45) is 2.22. The van der Waals surface area contributed by atoms with Crippen molar-refractivity contribution < 1.29 is 33.0 Å². The highest BCUT2D eigenvalue weighted by molar-refractivity contribution is 5.73. The van der Waals surface area contributed by atoms with Gasteiger partial charge in [0.2, 0.25) is 0 Å². The molecule has 11 heteroatoms. The number of hydrogen-bond acceptors (Lipinski definition) is 5. The largest absolute Gasteiger partial charge is 0.490 e. The number of carbonyl (C=O) groups is 2. The molecular weight excluding hydrogens is 417 g/mol. The average Bonchev–Trinajstić information content (AvgIpc) is 3.24. The van der Waals surface area contributed by atoms with Gasteiger partial charge in [0.05, 0.1) is 18.2 Å². The van der Waals surface area contributed by atoms with Crippen LogP contribution in [0.4, 0.5) is 13.2 Å². The van der Waals surface area contributed by atoms with Gasteiger partial charge < -0.3 is 15.5 Å². The van der Waals surface area contributed by atoms with Crippen molar-refractivity contribution in [2.45, 2.75) is 56.4 Å². The summed E-state index contributed by atoms with van der Waals surface area (Å²) in [6.45, 7) is 0.743. The molecule has 4 rings (SSSR count). The van der Waals surface area contributed by atoms with E-state index in [1.807, 2.05) is 6.20 Å². The molecule has 1 heterocycles. The zero-order valence-electron chi connectivity index (χ0n) is 16.5. The second kappa shape index (κ2) is 9.46. The molecule has 0 amide bonds. The van der Waals surface area contributed by atoms with E-state index in [9.17, 15) is 23.1 Å². The minimum atomic E-state index is -5.08. The normalized spacial score (nSPS) is 23.1. The second-order valence-corrected chi connectivity index (χ2v) is 7.76. The SMILES string of the molecule is O=C(O)C(F)(F)F.O=C(O)C1C[C@@H](NCc2ccc(C3CC3)cc2)[C@@H](n2ccnn2)C1. The summed E-state index contributed by atoms with van der Waals surface area (Å²) in [7, 11) is 0. The highest BCUT2D eigenvalue weighted by atomic mass is 19.4. The Morgan fingerprint density at radius 3 is 2.26 bits per heavy atom. The zero-order valence-corrected chi connectivity index (χ0v) is 16.5. The molecule has 1 aromatic carbocycles. The van der Waals surface area contributed by atoms with E-state index in [0.29, 0.717) is 12.8 Å². The third-order valence-electron chi connectivity index (χ3n) is 5.50. The molecule has 2 fully saturated rings. The molecule has 3 atom stereocenters. The van der Waals surface area contributed by atoms with Crippen molar-refractivity contribution in [1.29, 1.82) is 0 Å². The minimum Gasteiger partial charge on any atom is -0.481 e. The molecule has 2 saturated carbocycles. The number of aromatic nitrogens is 3. The van der Waals surface area contributed by atoms with Gasteiger partial charge in [-0.05, 0) is 42.7 Å². The van der Waals surface area contributed by atoms with Crippen LogP contribution in [-0.2, 0) is 16.1 Å². The lowest BCUT2D eigenvalue weighted by atomic mass is 10.1. The molecule has 2 aliphatic carbocycles. The molecule has 0 aliphatic heterocycles. The van der Waals surface area contributed by atoms with Crippen molar-refractivity contribution in [3.8, 4) is 0 Å². The maximum absolute atomic E-state index is 11.4. The van der Waals surface area contributed by atoms with Crippen molar-refractivity contribution in [3.63, 3.8) is 0 Å². The maximum Gasteiger partial charge on any atom is 0.490 e. The summed E-state index contributed by atoms with van der Waals surface area (Å²) in [6, 6.07) is 8.93. The molecule has 0 bridgehead atoms. The van der Waals surface area contributed by atoms with Gasteiger partial charge in [-0.2, -0.15) is 13.2 Å². The second-order valence-electron chi connectivity index (χ2n) is 7.76. The predicted molar refractivity (Wildman–Crippen MR) is 102 cm³/mol. The lowest BCUT2D eigenvalue weighted by Crippen LogP contribution is -2.34. The monoisotopic (exact) mass is 440 g/mol. The molecule has 8 nitrogen and oxygen atoms in total. The van der Waals surface area contributed by atoms with E-state index in [1.165, 1.54) is 24.0 Å². The predicted octanol–water partition coefficient (Wildman–Crippen LogP) is 2.98. The summed E-state index contributed by atoms with van der Waals surface area (Å²) in [5.74, 6) is -3.03. The number of carboxylic acid groups (broad SMARTS) is 2. The first kappa shape index (κ1) is 22.7. The smallest absolute Gasteiger partial charge is 0.481 e. The Bertz CT molecular complexity index is 883. The Morgan fingerprint density at radius 2 is 1.77 bits per heavy atom. The number of carboxylic acids is 2. The lowest BCUT2D eigenvalue weighted by Gasteiger charge is -2.21. The van der Waals surface area contributed by atoms with Gasteiger partial charge in [0.25, 0.3) is 0 Å². The quantitative estimate of drug-likeness (QED) is 0.632. The fraction of sp³-hybridized carbons (Fsp3) is 0.500. The maximum atomic E-state index is 11.4. The third-order valence-corrected chi connectivity index (χ3v) is 5.50. The van der Waals surface area contributed by atoms with Crippen molar-refractivity contribution in [1.82, 2.24) is 20.3 Å². The van der Waals surface area contributed by atoms with Crippen LogP contribution in [0.2, 0.25) is 0 Å². The van der Waals surface area contributed by atoms with Crippen LogP contribution in [0.3, 0.4) is 0 Å². The van der Waals surface area contributed by atoms with Crippen LogP contribution in [-0.4, -0.2) is 49.4 Å². The van der Waals surface area contributed by atoms with Gasteiger partial charge in [0, 0.05) is 18.8 Å². The number of alkyl halides is 3. The Morgan fingerprint density at radius 1 is 1.13 bits per heavy atom. The summed E-state index contributed by atoms with van der Waals surface area (Å²) < 4.78 is 33.5. The number of nitrogens with one attached hydrogen (secondary N) is 1. The number of nitrogens with zero attached hydrogens (tertiary/aromatic N) is 3. The van der Waals surface area contributed by atoms with Gasteiger partial charge in [0.15, 0.2) is 0 Å². The fourth-order valence-corrected chi connectivity index (χ4v) is 3.70. The number of benzene rings is 1. The molecule has 1 aromatic heterocycles. The Labute approximate surface area is 176 Å². The van der Waals surface area contributed by atoms with E-state index in [1.54, 1.807) is 10.9 Å². The molecule has 0 spiro atoms. The molecule has 0 saturated heterocycles. The highest BCUT2D eigenvalue weighted by Gasteiger charge is 2.39. The Hall–Kier alpha value is -2.95. The van der Waals surface area contributed by atoms with E-state index in [4.69, 9.17) is 9.90 Å². The zero-order chi connectivity index (χ0) is 22.6.